The molecule has 6 heteroatoms. The van der Waals surface area contributed by atoms with Crippen LogP contribution in [0.3, 0.4) is 0 Å². The van der Waals surface area contributed by atoms with Gasteiger partial charge in [0.05, 0.1) is 30.2 Å². The largest absolute Gasteiger partial charge is 0.389 e. The van der Waals surface area contributed by atoms with Crippen LogP contribution in [0, 0.1) is 6.92 Å². The van der Waals surface area contributed by atoms with E-state index >= 15 is 0 Å². The van der Waals surface area contributed by atoms with E-state index in [1.165, 1.54) is 0 Å². The Kier molecular flexibility index (Phi) is 3.31. The summed E-state index contributed by atoms with van der Waals surface area (Å²) in [5, 5.41) is 12.0. The fraction of sp³-hybridized carbons (Fsp3) is 0.429. The second-order valence-corrected chi connectivity index (χ2v) is 5.20. The van der Waals surface area contributed by atoms with Gasteiger partial charge in [0.15, 0.2) is 0 Å². The number of aliphatic hydroxyl groups is 1. The molecule has 1 aliphatic rings. The zero-order chi connectivity index (χ0) is 14.1. The Morgan fingerprint density at radius 2 is 2.35 bits per heavy atom. The molecular formula is C14H18N4O2. The quantitative estimate of drug-likeness (QED) is 0.774. The minimum atomic E-state index is -0.362. The van der Waals surface area contributed by atoms with Crippen molar-refractivity contribution >= 4 is 17.1 Å². The van der Waals surface area contributed by atoms with Gasteiger partial charge in [-0.05, 0) is 18.6 Å². The Bertz CT molecular complexity index is 631. The summed E-state index contributed by atoms with van der Waals surface area (Å²) in [4.78, 5) is 21.0. The normalized spacial score (nSPS) is 15.4. The van der Waals surface area contributed by atoms with Crippen LogP contribution in [-0.4, -0.2) is 51.7 Å². The molecule has 0 unspecified atom stereocenters. The maximum atomic E-state index is 11.7. The number of H-pyrrole nitrogens is 1. The molecule has 1 saturated heterocycles. The SMILES string of the molecule is Cc1cccc2[nH]c(CCNC(=O)N3CC(O)C3)nc12. The third-order valence-corrected chi connectivity index (χ3v) is 3.55. The first-order valence-corrected chi connectivity index (χ1v) is 6.78. The Morgan fingerprint density at radius 3 is 3.05 bits per heavy atom. The summed E-state index contributed by atoms with van der Waals surface area (Å²) in [6.07, 6.45) is 0.301. The molecule has 2 amide bonds. The number of β-amino-alcohol motifs (C(OH)–C–C–N with tert-alkyl or cyclic N) is 1. The first kappa shape index (κ1) is 12.9. The highest BCUT2D eigenvalue weighted by Crippen LogP contribution is 2.15. The molecule has 0 radical (unpaired) electrons. The number of para-hydroxylation sites is 1. The van der Waals surface area contributed by atoms with Crippen molar-refractivity contribution in [2.24, 2.45) is 0 Å². The fourth-order valence-corrected chi connectivity index (χ4v) is 2.37. The number of amides is 2. The van der Waals surface area contributed by atoms with E-state index in [1.54, 1.807) is 4.90 Å². The molecule has 3 N–H and O–H groups in total. The zero-order valence-corrected chi connectivity index (χ0v) is 11.4. The van der Waals surface area contributed by atoms with E-state index in [4.69, 9.17) is 5.11 Å². The lowest BCUT2D eigenvalue weighted by Gasteiger charge is -2.35. The van der Waals surface area contributed by atoms with Gasteiger partial charge in [-0.25, -0.2) is 9.78 Å². The first-order valence-electron chi connectivity index (χ1n) is 6.78. The average molecular weight is 274 g/mol. The zero-order valence-electron chi connectivity index (χ0n) is 11.4. The molecule has 1 aliphatic heterocycles. The Morgan fingerprint density at radius 1 is 1.55 bits per heavy atom. The molecule has 3 rings (SSSR count). The summed E-state index contributed by atoms with van der Waals surface area (Å²) in [7, 11) is 0. The van der Waals surface area contributed by atoms with Crippen LogP contribution in [0.2, 0.25) is 0 Å². The van der Waals surface area contributed by atoms with Gasteiger partial charge >= 0.3 is 6.03 Å². The average Bonchev–Trinajstić information content (AvgIpc) is 2.79. The second kappa shape index (κ2) is 5.13. The molecule has 0 bridgehead atoms. The highest BCUT2D eigenvalue weighted by atomic mass is 16.3. The number of aryl methyl sites for hydroxylation is 1. The van der Waals surface area contributed by atoms with E-state index in [9.17, 15) is 4.79 Å². The van der Waals surface area contributed by atoms with E-state index in [0.29, 0.717) is 26.1 Å². The van der Waals surface area contributed by atoms with Crippen molar-refractivity contribution in [3.05, 3.63) is 29.6 Å². The molecule has 0 spiro atoms. The number of fused-ring (bicyclic) bond motifs is 1. The molecule has 1 aromatic heterocycles. The highest BCUT2D eigenvalue weighted by molar-refractivity contribution is 5.78. The number of likely N-dealkylation sites (tertiary alicyclic amines) is 1. The van der Waals surface area contributed by atoms with Gasteiger partial charge in [0, 0.05) is 13.0 Å². The molecule has 6 nitrogen and oxygen atoms in total. The van der Waals surface area contributed by atoms with Gasteiger partial charge in [-0.3, -0.25) is 0 Å². The number of nitrogens with zero attached hydrogens (tertiary/aromatic N) is 2. The number of hydrogen-bond donors (Lipinski definition) is 3. The van der Waals surface area contributed by atoms with Crippen LogP contribution >= 0.6 is 0 Å². The number of aromatic nitrogens is 2. The standard InChI is InChI=1S/C14H18N4O2/c1-9-3-2-4-11-13(9)17-12(16-11)5-6-15-14(20)18-7-10(19)8-18/h2-4,10,19H,5-8H2,1H3,(H,15,20)(H,16,17). The van der Waals surface area contributed by atoms with Gasteiger partial charge in [-0.1, -0.05) is 12.1 Å². The van der Waals surface area contributed by atoms with Gasteiger partial charge in [0.1, 0.15) is 5.82 Å². The maximum absolute atomic E-state index is 11.7. The summed E-state index contributed by atoms with van der Waals surface area (Å²) in [5.74, 6) is 0.873. The number of imidazole rings is 1. The maximum Gasteiger partial charge on any atom is 0.317 e. The van der Waals surface area contributed by atoms with Crippen LogP contribution in [-0.2, 0) is 6.42 Å². The molecule has 2 aromatic rings. The molecule has 1 aromatic carbocycles. The Labute approximate surface area is 116 Å². The van der Waals surface area contributed by atoms with Crippen LogP contribution in [0.4, 0.5) is 4.79 Å². The van der Waals surface area contributed by atoms with Crippen molar-refractivity contribution < 1.29 is 9.90 Å². The number of aromatic amines is 1. The van der Waals surface area contributed by atoms with Crippen molar-refractivity contribution in [3.8, 4) is 0 Å². The minimum Gasteiger partial charge on any atom is -0.389 e. The van der Waals surface area contributed by atoms with Gasteiger partial charge in [-0.15, -0.1) is 0 Å². The van der Waals surface area contributed by atoms with Crippen molar-refractivity contribution in [1.82, 2.24) is 20.2 Å². The van der Waals surface area contributed by atoms with Gasteiger partial charge in [0.2, 0.25) is 0 Å². The number of urea groups is 1. The number of hydrogen-bond acceptors (Lipinski definition) is 3. The molecule has 0 saturated carbocycles. The number of rotatable bonds is 3. The molecule has 1 fully saturated rings. The van der Waals surface area contributed by atoms with E-state index < -0.39 is 0 Å². The van der Waals surface area contributed by atoms with Crippen molar-refractivity contribution in [2.75, 3.05) is 19.6 Å². The number of benzene rings is 1. The second-order valence-electron chi connectivity index (χ2n) is 5.20. The lowest BCUT2D eigenvalue weighted by atomic mass is 10.2. The highest BCUT2D eigenvalue weighted by Gasteiger charge is 2.28. The topological polar surface area (TPSA) is 81.2 Å². The van der Waals surface area contributed by atoms with Crippen LogP contribution in [0.1, 0.15) is 11.4 Å². The van der Waals surface area contributed by atoms with Gasteiger partial charge in [0.25, 0.3) is 0 Å². The lowest BCUT2D eigenvalue weighted by Crippen LogP contribution is -2.56. The summed E-state index contributed by atoms with van der Waals surface area (Å²) in [6, 6.07) is 5.90. The van der Waals surface area contributed by atoms with Crippen LogP contribution in [0.15, 0.2) is 18.2 Å². The molecule has 20 heavy (non-hydrogen) atoms. The van der Waals surface area contributed by atoms with Crippen LogP contribution < -0.4 is 5.32 Å². The smallest absolute Gasteiger partial charge is 0.317 e. The molecule has 0 aliphatic carbocycles. The van der Waals surface area contributed by atoms with E-state index in [1.807, 2.05) is 25.1 Å². The van der Waals surface area contributed by atoms with Gasteiger partial charge in [-0.2, -0.15) is 0 Å². The summed E-state index contributed by atoms with van der Waals surface area (Å²) in [5.41, 5.74) is 3.15. The summed E-state index contributed by atoms with van der Waals surface area (Å²) < 4.78 is 0. The van der Waals surface area contributed by atoms with Crippen LogP contribution in [0.25, 0.3) is 11.0 Å². The van der Waals surface area contributed by atoms with Gasteiger partial charge < -0.3 is 20.3 Å². The lowest BCUT2D eigenvalue weighted by molar-refractivity contribution is 0.0267. The molecule has 106 valence electrons. The predicted molar refractivity (Wildman–Crippen MR) is 75.5 cm³/mol. The van der Waals surface area contributed by atoms with E-state index in [2.05, 4.69) is 15.3 Å². The third kappa shape index (κ3) is 2.46. The van der Waals surface area contributed by atoms with Crippen molar-refractivity contribution in [3.63, 3.8) is 0 Å². The Hall–Kier alpha value is -2.08. The monoisotopic (exact) mass is 274 g/mol. The summed E-state index contributed by atoms with van der Waals surface area (Å²) >= 11 is 0. The molecule has 2 heterocycles. The number of carbonyl (C=O) groups is 1. The summed E-state index contributed by atoms with van der Waals surface area (Å²) in [6.45, 7) is 3.42. The van der Waals surface area contributed by atoms with E-state index in [-0.39, 0.29) is 12.1 Å². The molecule has 0 atom stereocenters. The number of carbonyl (C=O) groups excluding carboxylic acids is 1. The molecular weight excluding hydrogens is 256 g/mol. The predicted octanol–water partition coefficient (Wildman–Crippen LogP) is 0.800. The van der Waals surface area contributed by atoms with E-state index in [0.717, 1.165) is 22.4 Å². The first-order chi connectivity index (χ1) is 9.63. The third-order valence-electron chi connectivity index (χ3n) is 3.55. The number of aliphatic hydroxyl groups excluding tert-OH is 1. The fourth-order valence-electron chi connectivity index (χ4n) is 2.37. The number of nitrogens with one attached hydrogen (secondary N) is 2. The van der Waals surface area contributed by atoms with Crippen molar-refractivity contribution in [2.45, 2.75) is 19.4 Å². The van der Waals surface area contributed by atoms with Crippen LogP contribution in [0.5, 0.6) is 0 Å². The Balaban J connectivity index is 1.55. The minimum absolute atomic E-state index is 0.123. The van der Waals surface area contributed by atoms with Crippen molar-refractivity contribution in [1.29, 1.82) is 0 Å².